The Morgan fingerprint density at radius 3 is 2.64 bits per heavy atom. The fourth-order valence-corrected chi connectivity index (χ4v) is 2.52. The molecule has 0 spiro atoms. The molecule has 0 amide bonds. The number of hydrogen-bond donors (Lipinski definition) is 0. The van der Waals surface area contributed by atoms with Gasteiger partial charge in [-0.3, -0.25) is 0 Å². The fraction of sp³-hybridized carbons (Fsp3) is 0.0667. The molecule has 112 valence electrons. The second-order valence-corrected chi connectivity index (χ2v) is 5.59. The Kier molecular flexibility index (Phi) is 4.25. The summed E-state index contributed by atoms with van der Waals surface area (Å²) in [6, 6.07) is 10.4. The Morgan fingerprint density at radius 1 is 1.05 bits per heavy atom. The number of rotatable bonds is 3. The lowest BCUT2D eigenvalue weighted by Crippen LogP contribution is -1.89. The van der Waals surface area contributed by atoms with Crippen LogP contribution in [-0.4, -0.2) is 17.3 Å². The molecule has 0 fully saturated rings. The highest BCUT2D eigenvalue weighted by atomic mass is 35.5. The second kappa shape index (κ2) is 6.16. The van der Waals surface area contributed by atoms with Crippen molar-refractivity contribution in [2.75, 3.05) is 7.11 Å². The maximum Gasteiger partial charge on any atom is 0.259 e. The molecule has 0 N–H and O–H groups in total. The van der Waals surface area contributed by atoms with E-state index in [4.69, 9.17) is 44.1 Å². The van der Waals surface area contributed by atoms with Crippen LogP contribution in [0.2, 0.25) is 15.1 Å². The molecule has 0 unspecified atom stereocenters. The van der Waals surface area contributed by atoms with E-state index in [0.29, 0.717) is 37.8 Å². The maximum absolute atomic E-state index is 6.16. The van der Waals surface area contributed by atoms with Crippen LogP contribution in [0.5, 0.6) is 5.75 Å². The van der Waals surface area contributed by atoms with Gasteiger partial charge < -0.3 is 9.26 Å². The van der Waals surface area contributed by atoms with Gasteiger partial charge in [-0.05, 0) is 30.3 Å². The summed E-state index contributed by atoms with van der Waals surface area (Å²) in [6.45, 7) is 0. The minimum absolute atomic E-state index is 0.268. The Morgan fingerprint density at radius 2 is 1.86 bits per heavy atom. The summed E-state index contributed by atoms with van der Waals surface area (Å²) in [5.74, 6) is 1.21. The number of methoxy groups -OCH3 is 1. The third-order valence-electron chi connectivity index (χ3n) is 3.01. The molecule has 1 aromatic heterocycles. The van der Waals surface area contributed by atoms with Crippen molar-refractivity contribution in [2.45, 2.75) is 0 Å². The summed E-state index contributed by atoms with van der Waals surface area (Å²) < 4.78 is 10.6. The van der Waals surface area contributed by atoms with Crippen LogP contribution in [-0.2, 0) is 0 Å². The zero-order valence-electron chi connectivity index (χ0n) is 11.3. The van der Waals surface area contributed by atoms with Crippen LogP contribution < -0.4 is 4.74 Å². The van der Waals surface area contributed by atoms with Gasteiger partial charge in [0.25, 0.3) is 5.89 Å². The standard InChI is InChI=1S/C15H9Cl3N2O2/c1-21-12-6-5-8(16)7-10(12)14-19-15(22-20-14)9-3-2-4-11(17)13(9)18/h2-7H,1H3. The Bertz CT molecular complexity index is 833. The fourth-order valence-electron chi connectivity index (χ4n) is 1.97. The van der Waals surface area contributed by atoms with Crippen LogP contribution in [0.25, 0.3) is 22.8 Å². The van der Waals surface area contributed by atoms with Gasteiger partial charge in [-0.2, -0.15) is 4.98 Å². The number of halogens is 3. The molecule has 3 rings (SSSR count). The summed E-state index contributed by atoms with van der Waals surface area (Å²) >= 11 is 18.2. The highest BCUT2D eigenvalue weighted by Crippen LogP contribution is 2.35. The van der Waals surface area contributed by atoms with E-state index in [9.17, 15) is 0 Å². The lowest BCUT2D eigenvalue weighted by atomic mass is 10.2. The minimum Gasteiger partial charge on any atom is -0.496 e. The van der Waals surface area contributed by atoms with Crippen molar-refractivity contribution >= 4 is 34.8 Å². The monoisotopic (exact) mass is 354 g/mol. The first-order valence-corrected chi connectivity index (χ1v) is 7.35. The average Bonchev–Trinajstić information content (AvgIpc) is 2.99. The van der Waals surface area contributed by atoms with Gasteiger partial charge in [-0.1, -0.05) is 46.0 Å². The highest BCUT2D eigenvalue weighted by molar-refractivity contribution is 6.43. The summed E-state index contributed by atoms with van der Waals surface area (Å²) in [6.07, 6.45) is 0. The van der Waals surface area contributed by atoms with Crippen molar-refractivity contribution in [2.24, 2.45) is 0 Å². The van der Waals surface area contributed by atoms with Gasteiger partial charge in [0, 0.05) is 5.02 Å². The van der Waals surface area contributed by atoms with Crippen LogP contribution in [0.1, 0.15) is 0 Å². The molecule has 0 aliphatic carbocycles. The smallest absolute Gasteiger partial charge is 0.259 e. The molecule has 1 heterocycles. The van der Waals surface area contributed by atoms with Gasteiger partial charge in [-0.25, -0.2) is 0 Å². The molecular weight excluding hydrogens is 347 g/mol. The zero-order chi connectivity index (χ0) is 15.7. The topological polar surface area (TPSA) is 48.2 Å². The van der Waals surface area contributed by atoms with E-state index in [1.54, 1.807) is 43.5 Å². The third kappa shape index (κ3) is 2.77. The first kappa shape index (κ1) is 15.2. The number of nitrogens with zero attached hydrogens (tertiary/aromatic N) is 2. The molecule has 0 bridgehead atoms. The van der Waals surface area contributed by atoms with Crippen LogP contribution in [0, 0.1) is 0 Å². The van der Waals surface area contributed by atoms with Crippen LogP contribution in [0.15, 0.2) is 40.9 Å². The lowest BCUT2D eigenvalue weighted by molar-refractivity contribution is 0.413. The zero-order valence-corrected chi connectivity index (χ0v) is 13.6. The normalized spacial score (nSPS) is 10.7. The van der Waals surface area contributed by atoms with Gasteiger partial charge >= 0.3 is 0 Å². The second-order valence-electron chi connectivity index (χ2n) is 4.37. The van der Waals surface area contributed by atoms with Crippen molar-refractivity contribution in [3.8, 4) is 28.6 Å². The summed E-state index contributed by atoms with van der Waals surface area (Å²) in [4.78, 5) is 4.34. The predicted molar refractivity (Wildman–Crippen MR) is 86.8 cm³/mol. The van der Waals surface area contributed by atoms with Crippen molar-refractivity contribution < 1.29 is 9.26 Å². The largest absolute Gasteiger partial charge is 0.496 e. The van der Waals surface area contributed by atoms with E-state index in [1.807, 2.05) is 0 Å². The van der Waals surface area contributed by atoms with Gasteiger partial charge in [0.1, 0.15) is 5.75 Å². The van der Waals surface area contributed by atoms with E-state index in [0.717, 1.165) is 0 Å². The Labute approximate surface area is 141 Å². The number of hydrogen-bond acceptors (Lipinski definition) is 4. The van der Waals surface area contributed by atoms with Crippen LogP contribution >= 0.6 is 34.8 Å². The highest BCUT2D eigenvalue weighted by Gasteiger charge is 2.17. The first-order chi connectivity index (χ1) is 10.6. The van der Waals surface area contributed by atoms with Crippen molar-refractivity contribution in [1.29, 1.82) is 0 Å². The summed E-state index contributed by atoms with van der Waals surface area (Å²) in [5, 5.41) is 5.28. The summed E-state index contributed by atoms with van der Waals surface area (Å²) in [7, 11) is 1.56. The molecular formula is C15H9Cl3N2O2. The van der Waals surface area contributed by atoms with Gasteiger partial charge in [-0.15, -0.1) is 0 Å². The molecule has 0 radical (unpaired) electrons. The van der Waals surface area contributed by atoms with E-state index < -0.39 is 0 Å². The lowest BCUT2D eigenvalue weighted by Gasteiger charge is -2.04. The van der Waals surface area contributed by atoms with Crippen molar-refractivity contribution in [3.05, 3.63) is 51.5 Å². The minimum atomic E-state index is 0.268. The first-order valence-electron chi connectivity index (χ1n) is 6.22. The van der Waals surface area contributed by atoms with Gasteiger partial charge in [0.2, 0.25) is 5.82 Å². The average molecular weight is 356 g/mol. The van der Waals surface area contributed by atoms with Gasteiger partial charge in [0.05, 0.1) is 28.3 Å². The van der Waals surface area contributed by atoms with Crippen LogP contribution in [0.4, 0.5) is 0 Å². The third-order valence-corrected chi connectivity index (χ3v) is 4.06. The molecule has 0 saturated carbocycles. The predicted octanol–water partition coefficient (Wildman–Crippen LogP) is 5.37. The molecule has 0 aliphatic heterocycles. The number of aromatic nitrogens is 2. The number of benzene rings is 2. The molecule has 0 atom stereocenters. The van der Waals surface area contributed by atoms with Crippen molar-refractivity contribution in [1.82, 2.24) is 10.1 Å². The molecule has 0 aliphatic rings. The van der Waals surface area contributed by atoms with E-state index >= 15 is 0 Å². The van der Waals surface area contributed by atoms with Gasteiger partial charge in [0.15, 0.2) is 0 Å². The quantitative estimate of drug-likeness (QED) is 0.633. The summed E-state index contributed by atoms with van der Waals surface area (Å²) in [5.41, 5.74) is 1.19. The van der Waals surface area contributed by atoms with E-state index in [1.165, 1.54) is 0 Å². The molecule has 3 aromatic rings. The maximum atomic E-state index is 6.16. The van der Waals surface area contributed by atoms with Crippen molar-refractivity contribution in [3.63, 3.8) is 0 Å². The van der Waals surface area contributed by atoms with E-state index in [2.05, 4.69) is 10.1 Å². The Hall–Kier alpha value is -1.75. The van der Waals surface area contributed by atoms with Crippen LogP contribution in [0.3, 0.4) is 0 Å². The molecule has 0 saturated heterocycles. The molecule has 4 nitrogen and oxygen atoms in total. The molecule has 22 heavy (non-hydrogen) atoms. The molecule has 7 heteroatoms. The Balaban J connectivity index is 2.08. The SMILES string of the molecule is COc1ccc(Cl)cc1-c1noc(-c2cccc(Cl)c2Cl)n1. The number of ether oxygens (including phenoxy) is 1. The molecule has 2 aromatic carbocycles. The van der Waals surface area contributed by atoms with E-state index in [-0.39, 0.29) is 5.89 Å².